The minimum atomic E-state index is -0.766. The van der Waals surface area contributed by atoms with E-state index in [1.165, 1.54) is 0 Å². The maximum absolute atomic E-state index is 11.0. The molecule has 0 spiro atoms. The predicted molar refractivity (Wildman–Crippen MR) is 61.5 cm³/mol. The summed E-state index contributed by atoms with van der Waals surface area (Å²) in [5, 5.41) is 18.1. The number of carbonyl (C=O) groups is 1. The maximum Gasteiger partial charge on any atom is 0.307 e. The normalized spacial score (nSPS) is 28.4. The van der Waals surface area contributed by atoms with Gasteiger partial charge in [0, 0.05) is 5.57 Å². The van der Waals surface area contributed by atoms with Gasteiger partial charge in [-0.1, -0.05) is 40.7 Å². The minimum absolute atomic E-state index is 0.0149. The molecule has 0 aromatic heterocycles. The third-order valence-corrected chi connectivity index (χ3v) is 3.45. The average Bonchev–Trinajstić information content (AvgIpc) is 2.61. The summed E-state index contributed by atoms with van der Waals surface area (Å²) < 4.78 is 0. The predicted octanol–water partition coefficient (Wildman–Crippen LogP) is 2.84. The third kappa shape index (κ3) is 2.11. The second-order valence-electron chi connectivity index (χ2n) is 6.11. The number of nitriles is 1. The quantitative estimate of drug-likeness (QED) is 0.729. The van der Waals surface area contributed by atoms with Gasteiger partial charge in [-0.05, 0) is 16.7 Å². The summed E-state index contributed by atoms with van der Waals surface area (Å²) in [4.78, 5) is 11.0. The van der Waals surface area contributed by atoms with E-state index in [1.807, 2.05) is 40.7 Å². The van der Waals surface area contributed by atoms with E-state index >= 15 is 0 Å². The van der Waals surface area contributed by atoms with Crippen LogP contribution in [0.15, 0.2) is 11.6 Å². The summed E-state index contributed by atoms with van der Waals surface area (Å²) in [7, 11) is 0. The summed E-state index contributed by atoms with van der Waals surface area (Å²) in [6.45, 7) is 9.77. The highest BCUT2D eigenvalue weighted by atomic mass is 16.4. The van der Waals surface area contributed by atoms with Crippen molar-refractivity contribution in [1.29, 1.82) is 5.26 Å². The first kappa shape index (κ1) is 12.8. The molecule has 0 bridgehead atoms. The molecule has 0 radical (unpaired) electrons. The highest BCUT2D eigenvalue weighted by Crippen LogP contribution is 2.59. The molecule has 2 atom stereocenters. The Morgan fingerprint density at radius 2 is 1.94 bits per heavy atom. The fourth-order valence-electron chi connectivity index (χ4n) is 2.09. The fourth-order valence-corrected chi connectivity index (χ4v) is 2.09. The van der Waals surface area contributed by atoms with Gasteiger partial charge < -0.3 is 5.11 Å². The zero-order valence-corrected chi connectivity index (χ0v) is 10.5. The van der Waals surface area contributed by atoms with E-state index in [4.69, 9.17) is 10.4 Å². The van der Waals surface area contributed by atoms with E-state index in [0.29, 0.717) is 5.57 Å². The van der Waals surface area contributed by atoms with Gasteiger partial charge in [-0.25, -0.2) is 0 Å². The Balaban J connectivity index is 2.96. The second-order valence-corrected chi connectivity index (χ2v) is 6.11. The lowest BCUT2D eigenvalue weighted by Gasteiger charge is -2.17. The standard InChI is InChI=1S/C13H19NO2/c1-12(2,3)8(7-14)6-9-10(11(15)16)13(9,4)5/h6,9-10H,1-5H3,(H,15,16)/b8-6-. The molecule has 0 aliphatic heterocycles. The Morgan fingerprint density at radius 3 is 2.19 bits per heavy atom. The lowest BCUT2D eigenvalue weighted by molar-refractivity contribution is -0.139. The molecule has 16 heavy (non-hydrogen) atoms. The summed E-state index contributed by atoms with van der Waals surface area (Å²) in [6.07, 6.45) is 1.85. The van der Waals surface area contributed by atoms with E-state index in [2.05, 4.69) is 6.07 Å². The van der Waals surface area contributed by atoms with Crippen molar-refractivity contribution < 1.29 is 9.90 Å². The van der Waals surface area contributed by atoms with Gasteiger partial charge in [0.1, 0.15) is 0 Å². The molecule has 0 aromatic carbocycles. The van der Waals surface area contributed by atoms with E-state index in [9.17, 15) is 4.79 Å². The molecule has 88 valence electrons. The molecular formula is C13H19NO2. The highest BCUT2D eigenvalue weighted by molar-refractivity contribution is 5.76. The van der Waals surface area contributed by atoms with E-state index in [-0.39, 0.29) is 22.7 Å². The van der Waals surface area contributed by atoms with Crippen molar-refractivity contribution in [3.05, 3.63) is 11.6 Å². The molecule has 3 nitrogen and oxygen atoms in total. The molecule has 0 heterocycles. The zero-order chi connectivity index (χ0) is 12.7. The van der Waals surface area contributed by atoms with Crippen LogP contribution in [-0.4, -0.2) is 11.1 Å². The number of hydrogen-bond acceptors (Lipinski definition) is 2. The first-order valence-electron chi connectivity index (χ1n) is 5.47. The SMILES string of the molecule is CC(C)(C)/C(C#N)=C\C1C(C(=O)O)C1(C)C. The topological polar surface area (TPSA) is 61.1 Å². The van der Waals surface area contributed by atoms with E-state index in [0.717, 1.165) is 0 Å². The van der Waals surface area contributed by atoms with Crippen molar-refractivity contribution in [3.8, 4) is 6.07 Å². The number of carboxylic acids is 1. The lowest BCUT2D eigenvalue weighted by Crippen LogP contribution is -2.08. The van der Waals surface area contributed by atoms with Gasteiger partial charge in [-0.3, -0.25) is 4.79 Å². The van der Waals surface area contributed by atoms with Crippen LogP contribution in [-0.2, 0) is 4.79 Å². The Labute approximate surface area is 96.8 Å². The molecular weight excluding hydrogens is 202 g/mol. The van der Waals surface area contributed by atoms with Crippen molar-refractivity contribution in [3.63, 3.8) is 0 Å². The number of aliphatic carboxylic acids is 1. The van der Waals surface area contributed by atoms with Crippen LogP contribution in [0.3, 0.4) is 0 Å². The molecule has 0 saturated heterocycles. The Hall–Kier alpha value is -1.30. The molecule has 1 saturated carbocycles. The van der Waals surface area contributed by atoms with Crippen LogP contribution in [0.5, 0.6) is 0 Å². The number of rotatable bonds is 2. The van der Waals surface area contributed by atoms with Crippen molar-refractivity contribution in [2.24, 2.45) is 22.7 Å². The largest absolute Gasteiger partial charge is 0.481 e. The third-order valence-electron chi connectivity index (χ3n) is 3.45. The van der Waals surface area contributed by atoms with Crippen LogP contribution in [0, 0.1) is 34.0 Å². The summed E-state index contributed by atoms with van der Waals surface area (Å²) >= 11 is 0. The highest BCUT2D eigenvalue weighted by Gasteiger charge is 2.61. The molecule has 0 aromatic rings. The fraction of sp³-hybridized carbons (Fsp3) is 0.692. The van der Waals surface area contributed by atoms with Crippen molar-refractivity contribution in [2.75, 3.05) is 0 Å². The molecule has 1 N–H and O–H groups in total. The van der Waals surface area contributed by atoms with Crippen LogP contribution >= 0.6 is 0 Å². The number of carboxylic acid groups (broad SMARTS) is 1. The molecule has 1 aliphatic carbocycles. The van der Waals surface area contributed by atoms with E-state index < -0.39 is 5.97 Å². The van der Waals surface area contributed by atoms with Crippen molar-refractivity contribution in [2.45, 2.75) is 34.6 Å². The lowest BCUT2D eigenvalue weighted by atomic mass is 9.86. The van der Waals surface area contributed by atoms with Gasteiger partial charge in [0.25, 0.3) is 0 Å². The van der Waals surface area contributed by atoms with Crippen molar-refractivity contribution >= 4 is 5.97 Å². The smallest absolute Gasteiger partial charge is 0.307 e. The van der Waals surface area contributed by atoms with Crippen LogP contribution in [0.4, 0.5) is 0 Å². The molecule has 1 rings (SSSR count). The average molecular weight is 221 g/mol. The maximum atomic E-state index is 11.0. The summed E-state index contributed by atoms with van der Waals surface area (Å²) in [5.74, 6) is -1.13. The van der Waals surface area contributed by atoms with Gasteiger partial charge in [0.2, 0.25) is 0 Å². The summed E-state index contributed by atoms with van der Waals surface area (Å²) in [5.41, 5.74) is 0.240. The molecule has 2 unspecified atom stereocenters. The van der Waals surface area contributed by atoms with Crippen LogP contribution in [0.1, 0.15) is 34.6 Å². The minimum Gasteiger partial charge on any atom is -0.481 e. The first-order chi connectivity index (χ1) is 7.12. The molecule has 3 heteroatoms. The molecule has 1 fully saturated rings. The van der Waals surface area contributed by atoms with Crippen molar-refractivity contribution in [1.82, 2.24) is 0 Å². The van der Waals surface area contributed by atoms with Gasteiger partial charge in [0.05, 0.1) is 12.0 Å². The zero-order valence-electron chi connectivity index (χ0n) is 10.5. The van der Waals surface area contributed by atoms with Gasteiger partial charge >= 0.3 is 5.97 Å². The molecule has 1 aliphatic rings. The molecule has 0 amide bonds. The Bertz CT molecular complexity index is 380. The van der Waals surface area contributed by atoms with Gasteiger partial charge in [-0.2, -0.15) is 5.26 Å². The summed E-state index contributed by atoms with van der Waals surface area (Å²) in [6, 6.07) is 2.18. The second kappa shape index (κ2) is 3.62. The number of hydrogen-bond donors (Lipinski definition) is 1. The number of allylic oxidation sites excluding steroid dienone is 2. The van der Waals surface area contributed by atoms with Crippen LogP contribution in [0.25, 0.3) is 0 Å². The number of nitrogens with zero attached hydrogens (tertiary/aromatic N) is 1. The monoisotopic (exact) mass is 221 g/mol. The Morgan fingerprint density at radius 1 is 1.44 bits per heavy atom. The van der Waals surface area contributed by atoms with Gasteiger partial charge in [0.15, 0.2) is 0 Å². The van der Waals surface area contributed by atoms with Crippen LogP contribution in [0.2, 0.25) is 0 Å². The van der Waals surface area contributed by atoms with E-state index in [1.54, 1.807) is 0 Å². The van der Waals surface area contributed by atoms with Crippen LogP contribution < -0.4 is 0 Å². The Kier molecular flexibility index (Phi) is 2.89. The first-order valence-corrected chi connectivity index (χ1v) is 5.47. The van der Waals surface area contributed by atoms with Gasteiger partial charge in [-0.15, -0.1) is 0 Å².